The van der Waals surface area contributed by atoms with Crippen LogP contribution < -0.4 is 51.4 Å². The van der Waals surface area contributed by atoms with Crippen molar-refractivity contribution in [1.82, 2.24) is 0 Å². The van der Waals surface area contributed by atoms with Crippen molar-refractivity contribution in [3.63, 3.8) is 0 Å². The third-order valence-electron chi connectivity index (χ3n) is 0.175. The Morgan fingerprint density at radius 2 is 1.50 bits per heavy atom. The predicted molar refractivity (Wildman–Crippen MR) is 18.2 cm³/mol. The summed E-state index contributed by atoms with van der Waals surface area (Å²) in [5, 5.41) is 15.0. The third kappa shape index (κ3) is 9.62. The summed E-state index contributed by atoms with van der Waals surface area (Å²) in [5.41, 5.74) is 0. The van der Waals surface area contributed by atoms with E-state index in [9.17, 15) is 9.59 Å². The molecule has 0 aromatic carbocycles. The number of carbonyl (C=O) groups is 2. The molecule has 0 unspecified atom stereocenters. The first-order chi connectivity index (χ1) is 3.13. The van der Waals surface area contributed by atoms with Crippen LogP contribution in [0.3, 0.4) is 0 Å². The van der Waals surface area contributed by atoms with Gasteiger partial charge in [-0.25, -0.2) is 9.59 Å². The molecule has 0 aromatic heterocycles. The fourth-order valence-electron chi connectivity index (χ4n) is 0.0747. The Bertz CT molecular complexity index is 91.1. The minimum atomic E-state index is -1.81. The van der Waals surface area contributed by atoms with Gasteiger partial charge in [-0.15, -0.1) is 0 Å². The first-order valence-electron chi connectivity index (χ1n) is 1.26. The fraction of sp³-hybridized carbons (Fsp3) is 0. The zero-order chi connectivity index (χ0) is 5.86. The summed E-state index contributed by atoms with van der Waals surface area (Å²) in [6, 6.07) is 0. The van der Waals surface area contributed by atoms with Crippen LogP contribution in [-0.4, -0.2) is 22.5 Å². The zero-order valence-electron chi connectivity index (χ0n) is 5.12. The number of hydrogen-bond acceptors (Lipinski definition) is 3. The van der Waals surface area contributed by atoms with Gasteiger partial charge in [-0.3, -0.25) is 0 Å². The maximum absolute atomic E-state index is 9.21. The molecular weight excluding hydrogens is 143 g/mol. The van der Waals surface area contributed by atoms with Gasteiger partial charge in [0.25, 0.3) is 0 Å². The molecule has 2 N–H and O–H groups in total. The normalized spacial score (nSPS) is 6.50. The molecule has 0 saturated heterocycles. The van der Waals surface area contributed by atoms with E-state index in [1.807, 2.05) is 0 Å². The average Bonchev–Trinajstić information content (AvgIpc) is 1.27. The van der Waals surface area contributed by atoms with Crippen LogP contribution in [0.2, 0.25) is 0 Å². The molecule has 0 aliphatic carbocycles. The van der Waals surface area contributed by atoms with Gasteiger partial charge in [0.15, 0.2) is 0 Å². The Labute approximate surface area is 88.5 Å². The molecule has 0 bridgehead atoms. The first-order valence-corrected chi connectivity index (χ1v) is 1.26. The van der Waals surface area contributed by atoms with Crippen molar-refractivity contribution in [1.29, 1.82) is 0 Å². The molecule has 5 nitrogen and oxygen atoms in total. The van der Waals surface area contributed by atoms with E-state index in [1.165, 1.54) is 0 Å². The number of ether oxygens (including phenoxy) is 1. The van der Waals surface area contributed by atoms with Crippen molar-refractivity contribution < 1.29 is 77.4 Å². The monoisotopic (exact) mass is 146 g/mol. The largest absolute Gasteiger partial charge is 1.00 e. The molecule has 0 heterocycles. The molecular formula is C2H3KO5. The fourth-order valence-corrected chi connectivity index (χ4v) is 0.0747. The first kappa shape index (κ1) is 11.2. The van der Waals surface area contributed by atoms with Crippen LogP contribution in [0.5, 0.6) is 0 Å². The molecule has 0 radical (unpaired) electrons. The van der Waals surface area contributed by atoms with Gasteiger partial charge in [-0.1, -0.05) is 0 Å². The van der Waals surface area contributed by atoms with Gasteiger partial charge in [-0.05, 0) is 0 Å². The van der Waals surface area contributed by atoms with Crippen molar-refractivity contribution in [2.24, 2.45) is 0 Å². The van der Waals surface area contributed by atoms with E-state index < -0.39 is 12.3 Å². The maximum atomic E-state index is 9.21. The van der Waals surface area contributed by atoms with Crippen molar-refractivity contribution in [3.05, 3.63) is 0 Å². The third-order valence-corrected chi connectivity index (χ3v) is 0.175. The van der Waals surface area contributed by atoms with Crippen LogP contribution in [0.1, 0.15) is 1.43 Å². The van der Waals surface area contributed by atoms with E-state index >= 15 is 0 Å². The topological polar surface area (TPSA) is 83.8 Å². The van der Waals surface area contributed by atoms with Gasteiger partial charge < -0.3 is 16.4 Å². The average molecular weight is 146 g/mol. The Hall–Kier alpha value is 0.376. The Kier molecular flexibility index (Phi) is 7.72. The summed E-state index contributed by atoms with van der Waals surface area (Å²) >= 11 is 0. The van der Waals surface area contributed by atoms with Crippen LogP contribution in [0, 0.1) is 0 Å². The molecule has 0 aromatic rings. The SMILES string of the molecule is O=C(O)OC(=O)O.[H-].[K+]. The van der Waals surface area contributed by atoms with E-state index in [0.29, 0.717) is 0 Å². The standard InChI is InChI=1S/C2H2O5.K.H/c3-1(4)7-2(5)6;;/h(H,3,4)(H,5,6);;/q;+1;-1. The summed E-state index contributed by atoms with van der Waals surface area (Å²) in [5.74, 6) is 0. The second kappa shape index (κ2) is 5.51. The summed E-state index contributed by atoms with van der Waals surface area (Å²) in [6.07, 6.45) is -3.62. The molecule has 0 amide bonds. The van der Waals surface area contributed by atoms with Gasteiger partial charge in [-0.2, -0.15) is 0 Å². The molecule has 0 rings (SSSR count). The summed E-state index contributed by atoms with van der Waals surface area (Å²) in [6.45, 7) is 0. The zero-order valence-corrected chi connectivity index (χ0v) is 7.24. The molecule has 0 spiro atoms. The number of carboxylic acid groups (broad SMARTS) is 2. The maximum Gasteiger partial charge on any atom is 1.00 e. The molecule has 0 aliphatic heterocycles. The van der Waals surface area contributed by atoms with E-state index in [4.69, 9.17) is 10.2 Å². The quantitative estimate of drug-likeness (QED) is 0.224. The van der Waals surface area contributed by atoms with E-state index in [2.05, 4.69) is 4.74 Å². The van der Waals surface area contributed by atoms with Gasteiger partial charge >= 0.3 is 63.7 Å². The van der Waals surface area contributed by atoms with Gasteiger partial charge in [0.1, 0.15) is 0 Å². The smallest absolute Gasteiger partial charge is 1.00 e. The van der Waals surface area contributed by atoms with Gasteiger partial charge in [0.2, 0.25) is 0 Å². The van der Waals surface area contributed by atoms with E-state index in [0.717, 1.165) is 0 Å². The molecule has 0 fully saturated rings. The molecule has 0 aliphatic rings. The summed E-state index contributed by atoms with van der Waals surface area (Å²) in [7, 11) is 0. The Morgan fingerprint density at radius 1 is 1.25 bits per heavy atom. The molecule has 0 atom stereocenters. The number of hydrogen-bond donors (Lipinski definition) is 2. The van der Waals surface area contributed by atoms with Gasteiger partial charge in [0.05, 0.1) is 0 Å². The minimum Gasteiger partial charge on any atom is -1.00 e. The van der Waals surface area contributed by atoms with Crippen LogP contribution in [0.25, 0.3) is 0 Å². The minimum absolute atomic E-state index is 0. The summed E-state index contributed by atoms with van der Waals surface area (Å²) < 4.78 is 3.08. The van der Waals surface area contributed by atoms with Crippen LogP contribution in [-0.2, 0) is 4.74 Å². The predicted octanol–water partition coefficient (Wildman–Crippen LogP) is -2.52. The number of rotatable bonds is 0. The van der Waals surface area contributed by atoms with Crippen molar-refractivity contribution in [3.8, 4) is 0 Å². The van der Waals surface area contributed by atoms with Crippen LogP contribution in [0.15, 0.2) is 0 Å². The van der Waals surface area contributed by atoms with E-state index in [1.54, 1.807) is 0 Å². The molecule has 42 valence electrons. The van der Waals surface area contributed by atoms with E-state index in [-0.39, 0.29) is 52.8 Å². The van der Waals surface area contributed by atoms with Crippen molar-refractivity contribution >= 4 is 12.3 Å². The van der Waals surface area contributed by atoms with Crippen molar-refractivity contribution in [2.45, 2.75) is 0 Å². The van der Waals surface area contributed by atoms with Crippen molar-refractivity contribution in [2.75, 3.05) is 0 Å². The Balaban J connectivity index is -0.000000180. The van der Waals surface area contributed by atoms with Gasteiger partial charge in [0, 0.05) is 0 Å². The molecule has 8 heavy (non-hydrogen) atoms. The molecule has 0 saturated carbocycles. The second-order valence-corrected chi connectivity index (χ2v) is 0.634. The summed E-state index contributed by atoms with van der Waals surface area (Å²) in [4.78, 5) is 18.4. The van der Waals surface area contributed by atoms with Crippen LogP contribution in [0.4, 0.5) is 9.59 Å². The molecule has 6 heteroatoms. The second-order valence-electron chi connectivity index (χ2n) is 0.634. The van der Waals surface area contributed by atoms with Crippen LogP contribution >= 0.6 is 0 Å². The Morgan fingerprint density at radius 3 is 1.50 bits per heavy atom.